The van der Waals surface area contributed by atoms with Crippen molar-refractivity contribution in [2.45, 2.75) is 39.2 Å². The summed E-state index contributed by atoms with van der Waals surface area (Å²) in [6, 6.07) is -0.335. The van der Waals surface area contributed by atoms with E-state index in [4.69, 9.17) is 4.74 Å². The maximum absolute atomic E-state index is 12.7. The molecule has 0 aromatic rings. The van der Waals surface area contributed by atoms with Gasteiger partial charge in [-0.2, -0.15) is 0 Å². The van der Waals surface area contributed by atoms with E-state index < -0.39 is 0 Å². The highest BCUT2D eigenvalue weighted by atomic mass is 32.2. The Hall–Kier alpha value is -0.790. The lowest BCUT2D eigenvalue weighted by atomic mass is 9.79. The third-order valence-electron chi connectivity index (χ3n) is 5.25. The van der Waals surface area contributed by atoms with Gasteiger partial charge in [-0.3, -0.25) is 9.59 Å². The highest BCUT2D eigenvalue weighted by Gasteiger charge is 2.38. The van der Waals surface area contributed by atoms with Crippen molar-refractivity contribution in [2.75, 3.05) is 45.0 Å². The standard InChI is InChI=1S/C17H31N3O3S/c1-4-13(2)16(22)20-12-24-9-14(20)15(21)19-10-17(11-23-3)5-7-18-8-6-17/h13-14,18H,4-12H2,1-3H3,(H,19,21). The van der Waals surface area contributed by atoms with Gasteiger partial charge in [0.25, 0.3) is 0 Å². The normalized spacial score (nSPS) is 24.6. The minimum absolute atomic E-state index is 0.00690. The molecular formula is C17H31N3O3S. The second-order valence-corrected chi connectivity index (χ2v) is 8.03. The summed E-state index contributed by atoms with van der Waals surface area (Å²) in [7, 11) is 1.71. The van der Waals surface area contributed by atoms with Crippen molar-refractivity contribution in [1.29, 1.82) is 0 Å². The first kappa shape index (κ1) is 19.5. The van der Waals surface area contributed by atoms with E-state index in [1.807, 2.05) is 13.8 Å². The largest absolute Gasteiger partial charge is 0.384 e. The minimum Gasteiger partial charge on any atom is -0.384 e. The fourth-order valence-corrected chi connectivity index (χ4v) is 4.53. The smallest absolute Gasteiger partial charge is 0.243 e. The maximum Gasteiger partial charge on any atom is 0.243 e. The molecule has 2 rings (SSSR count). The lowest BCUT2D eigenvalue weighted by molar-refractivity contribution is -0.141. The molecule has 2 aliphatic heterocycles. The Bertz CT molecular complexity index is 435. The molecule has 24 heavy (non-hydrogen) atoms. The number of amides is 2. The Kier molecular flexibility index (Phi) is 7.37. The molecule has 0 aromatic carbocycles. The summed E-state index contributed by atoms with van der Waals surface area (Å²) in [5, 5.41) is 6.46. The van der Waals surface area contributed by atoms with Gasteiger partial charge in [0.2, 0.25) is 11.8 Å². The number of piperidine rings is 1. The molecule has 6 nitrogen and oxygen atoms in total. The molecule has 0 radical (unpaired) electrons. The van der Waals surface area contributed by atoms with Crippen LogP contribution >= 0.6 is 11.8 Å². The van der Waals surface area contributed by atoms with Crippen molar-refractivity contribution < 1.29 is 14.3 Å². The van der Waals surface area contributed by atoms with Gasteiger partial charge in [-0.1, -0.05) is 13.8 Å². The van der Waals surface area contributed by atoms with E-state index in [1.165, 1.54) is 0 Å². The molecule has 0 aliphatic carbocycles. The highest BCUT2D eigenvalue weighted by molar-refractivity contribution is 7.99. The molecule has 2 N–H and O–H groups in total. The number of hydrogen-bond donors (Lipinski definition) is 2. The van der Waals surface area contributed by atoms with Crippen molar-refractivity contribution in [1.82, 2.24) is 15.5 Å². The van der Waals surface area contributed by atoms with E-state index in [9.17, 15) is 9.59 Å². The monoisotopic (exact) mass is 357 g/mol. The van der Waals surface area contributed by atoms with Gasteiger partial charge in [-0.05, 0) is 32.4 Å². The Morgan fingerprint density at radius 3 is 2.75 bits per heavy atom. The summed E-state index contributed by atoms with van der Waals surface area (Å²) in [6.45, 7) is 7.13. The molecule has 2 aliphatic rings. The number of carbonyl (C=O) groups excluding carboxylic acids is 2. The van der Waals surface area contributed by atoms with Crippen LogP contribution in [0.15, 0.2) is 0 Å². The SMILES string of the molecule is CCC(C)C(=O)N1CSCC1C(=O)NCC1(COC)CCNCC1. The molecule has 2 saturated heterocycles. The molecule has 2 atom stereocenters. The molecular weight excluding hydrogens is 326 g/mol. The topological polar surface area (TPSA) is 70.7 Å². The van der Waals surface area contributed by atoms with E-state index in [2.05, 4.69) is 10.6 Å². The fourth-order valence-electron chi connectivity index (χ4n) is 3.36. The van der Waals surface area contributed by atoms with Crippen molar-refractivity contribution >= 4 is 23.6 Å². The van der Waals surface area contributed by atoms with Crippen molar-refractivity contribution in [2.24, 2.45) is 11.3 Å². The first-order valence-electron chi connectivity index (χ1n) is 8.88. The summed E-state index contributed by atoms with van der Waals surface area (Å²) >= 11 is 1.66. The Labute approximate surface area is 149 Å². The van der Waals surface area contributed by atoms with Gasteiger partial charge in [0, 0.05) is 30.7 Å². The van der Waals surface area contributed by atoms with Crippen LogP contribution < -0.4 is 10.6 Å². The average molecular weight is 358 g/mol. The first-order chi connectivity index (χ1) is 11.5. The van der Waals surface area contributed by atoms with Crippen LogP contribution in [0.3, 0.4) is 0 Å². The van der Waals surface area contributed by atoms with Crippen LogP contribution in [0.2, 0.25) is 0 Å². The molecule has 7 heteroatoms. The van der Waals surface area contributed by atoms with Crippen LogP contribution in [0.4, 0.5) is 0 Å². The average Bonchev–Trinajstić information content (AvgIpc) is 3.09. The zero-order valence-electron chi connectivity index (χ0n) is 15.1. The number of nitrogens with one attached hydrogen (secondary N) is 2. The van der Waals surface area contributed by atoms with Gasteiger partial charge in [0.1, 0.15) is 6.04 Å². The molecule has 138 valence electrons. The number of methoxy groups -OCH3 is 1. The second-order valence-electron chi connectivity index (χ2n) is 7.03. The Morgan fingerprint density at radius 2 is 2.12 bits per heavy atom. The van der Waals surface area contributed by atoms with Gasteiger partial charge in [-0.15, -0.1) is 11.8 Å². The van der Waals surface area contributed by atoms with Gasteiger partial charge in [0.05, 0.1) is 12.5 Å². The number of carbonyl (C=O) groups is 2. The van der Waals surface area contributed by atoms with Gasteiger partial charge in [0.15, 0.2) is 0 Å². The third-order valence-corrected chi connectivity index (χ3v) is 6.27. The van der Waals surface area contributed by atoms with Crippen LogP contribution in [0.1, 0.15) is 33.1 Å². The highest BCUT2D eigenvalue weighted by Crippen LogP contribution is 2.29. The molecule has 2 unspecified atom stereocenters. The summed E-state index contributed by atoms with van der Waals surface area (Å²) in [5.74, 6) is 1.35. The lowest BCUT2D eigenvalue weighted by Gasteiger charge is -2.37. The van der Waals surface area contributed by atoms with Gasteiger partial charge in [-0.25, -0.2) is 0 Å². The first-order valence-corrected chi connectivity index (χ1v) is 10.0. The summed E-state index contributed by atoms with van der Waals surface area (Å²) in [4.78, 5) is 26.9. The number of thioether (sulfide) groups is 1. The molecule has 2 fully saturated rings. The van der Waals surface area contributed by atoms with Crippen LogP contribution in [-0.4, -0.2) is 67.7 Å². The second kappa shape index (κ2) is 9.06. The van der Waals surface area contributed by atoms with Crippen LogP contribution in [-0.2, 0) is 14.3 Å². The minimum atomic E-state index is -0.335. The van der Waals surface area contributed by atoms with Gasteiger partial charge < -0.3 is 20.3 Å². The lowest BCUT2D eigenvalue weighted by Crippen LogP contribution is -2.52. The van der Waals surface area contributed by atoms with E-state index >= 15 is 0 Å². The molecule has 0 bridgehead atoms. The number of hydrogen-bond acceptors (Lipinski definition) is 5. The zero-order valence-corrected chi connectivity index (χ0v) is 15.9. The molecule has 0 saturated carbocycles. The summed E-state index contributed by atoms with van der Waals surface area (Å²) < 4.78 is 5.40. The Morgan fingerprint density at radius 1 is 1.42 bits per heavy atom. The summed E-state index contributed by atoms with van der Waals surface area (Å²) in [5.41, 5.74) is 0.00690. The quantitative estimate of drug-likeness (QED) is 0.713. The fraction of sp³-hybridized carbons (Fsp3) is 0.882. The number of rotatable bonds is 7. The molecule has 2 heterocycles. The third kappa shape index (κ3) is 4.64. The van der Waals surface area contributed by atoms with E-state index in [0.717, 1.165) is 32.4 Å². The van der Waals surface area contributed by atoms with Crippen molar-refractivity contribution in [3.63, 3.8) is 0 Å². The van der Waals surface area contributed by atoms with Gasteiger partial charge >= 0.3 is 0 Å². The van der Waals surface area contributed by atoms with Crippen LogP contribution in [0, 0.1) is 11.3 Å². The summed E-state index contributed by atoms with van der Waals surface area (Å²) in [6.07, 6.45) is 2.80. The maximum atomic E-state index is 12.7. The van der Waals surface area contributed by atoms with Crippen molar-refractivity contribution in [3.8, 4) is 0 Å². The van der Waals surface area contributed by atoms with Crippen molar-refractivity contribution in [3.05, 3.63) is 0 Å². The van der Waals surface area contributed by atoms with Crippen LogP contribution in [0.5, 0.6) is 0 Å². The predicted octanol–water partition coefficient (Wildman–Crippen LogP) is 1.07. The van der Waals surface area contributed by atoms with Crippen LogP contribution in [0.25, 0.3) is 0 Å². The molecule has 2 amide bonds. The zero-order chi connectivity index (χ0) is 17.6. The van der Waals surface area contributed by atoms with E-state index in [-0.39, 0.29) is 29.2 Å². The van der Waals surface area contributed by atoms with E-state index in [1.54, 1.807) is 23.8 Å². The Balaban J connectivity index is 1.94. The molecule has 0 spiro atoms. The number of nitrogens with zero attached hydrogens (tertiary/aromatic N) is 1. The van der Waals surface area contributed by atoms with E-state index in [0.29, 0.717) is 24.8 Å². The number of ether oxygens (including phenoxy) is 1. The predicted molar refractivity (Wildman–Crippen MR) is 96.8 cm³/mol. The molecule has 0 aromatic heterocycles.